The molecule has 9 amide bonds. The van der Waals surface area contributed by atoms with Crippen molar-refractivity contribution in [2.24, 2.45) is 11.5 Å². The molecule has 0 aliphatic heterocycles. The van der Waals surface area contributed by atoms with Gasteiger partial charge in [0.25, 0.3) is 0 Å². The van der Waals surface area contributed by atoms with Crippen LogP contribution in [0.25, 0.3) is 0 Å². The van der Waals surface area contributed by atoms with Gasteiger partial charge in [0.2, 0.25) is 35.4 Å². The zero-order chi connectivity index (χ0) is 55.2. The van der Waals surface area contributed by atoms with E-state index in [1.54, 1.807) is 67.6 Å². The van der Waals surface area contributed by atoms with Gasteiger partial charge in [0.1, 0.15) is 42.9 Å². The predicted molar refractivity (Wildman–Crippen MR) is 266 cm³/mol. The number of hydrogen-bond acceptors (Lipinski definition) is 16. The lowest BCUT2D eigenvalue weighted by molar-refractivity contribution is -0.141. The van der Waals surface area contributed by atoms with Gasteiger partial charge >= 0.3 is 36.0 Å². The molecule has 7 atom stereocenters. The topological polar surface area (TPSA) is 443 Å². The average molecular weight is 1080 g/mol. The van der Waals surface area contributed by atoms with Gasteiger partial charge in [-0.15, -0.1) is 0 Å². The molecule has 0 heterocycles. The average Bonchev–Trinajstić information content (AvgIpc) is 3.33. The van der Waals surface area contributed by atoms with Crippen molar-refractivity contribution in [3.63, 3.8) is 0 Å². The first-order valence-electron chi connectivity index (χ1n) is 22.8. The Kier molecular flexibility index (Phi) is 28.6. The van der Waals surface area contributed by atoms with E-state index in [2.05, 4.69) is 36.6 Å². The highest BCUT2D eigenvalue weighted by atomic mass is 33.1. The molecule has 2 rings (SSSR count). The monoisotopic (exact) mass is 1080 g/mol. The van der Waals surface area contributed by atoms with Gasteiger partial charge in [-0.1, -0.05) is 82.3 Å². The zero-order valence-electron chi connectivity index (χ0n) is 40.1. The Labute approximate surface area is 431 Å². The van der Waals surface area contributed by atoms with Gasteiger partial charge in [-0.25, -0.2) is 19.2 Å². The fourth-order valence-electron chi connectivity index (χ4n) is 6.34. The van der Waals surface area contributed by atoms with Crippen LogP contribution in [0, 0.1) is 0 Å². The second-order valence-electron chi connectivity index (χ2n) is 16.2. The number of nitrogens with two attached hydrogens (primary N) is 2. The SMILES string of the molecule is C[C@@H](CSSCCOC(N)=O)NC(=O)[C@H](CC(=O)O)NC(=O)[C@@H](N)CNC(=O)[C@H](Cc1ccccc1)NC(=O)C(Cc1ccccc1)NC(=O)CCNC(=O)CCC(NC(=O)N[C@@H](CCC(=O)O)C(=O)O)C(=O)O. The lowest BCUT2D eigenvalue weighted by Crippen LogP contribution is -2.58. The van der Waals surface area contributed by atoms with Crippen LogP contribution in [0.4, 0.5) is 9.59 Å². The molecule has 0 aliphatic rings. The molecule has 2 unspecified atom stereocenters. The van der Waals surface area contributed by atoms with Crippen LogP contribution in [-0.4, -0.2) is 165 Å². The minimum Gasteiger partial charge on any atom is -0.481 e. The van der Waals surface area contributed by atoms with Crippen molar-refractivity contribution in [2.75, 3.05) is 31.2 Å². The zero-order valence-corrected chi connectivity index (χ0v) is 41.7. The van der Waals surface area contributed by atoms with Crippen LogP contribution in [0.1, 0.15) is 56.6 Å². The van der Waals surface area contributed by atoms with E-state index in [9.17, 15) is 72.9 Å². The van der Waals surface area contributed by atoms with E-state index >= 15 is 0 Å². The molecule has 0 saturated carbocycles. The van der Waals surface area contributed by atoms with Crippen LogP contribution >= 0.6 is 21.6 Å². The maximum atomic E-state index is 14.0. The van der Waals surface area contributed by atoms with Gasteiger partial charge in [-0.05, 0) is 30.9 Å². The van der Waals surface area contributed by atoms with Crippen molar-refractivity contribution in [1.29, 1.82) is 0 Å². The Balaban J connectivity index is 2.08. The first-order chi connectivity index (χ1) is 35.0. The quantitative estimate of drug-likeness (QED) is 0.0267. The van der Waals surface area contributed by atoms with Crippen LogP contribution in [0.3, 0.4) is 0 Å². The molecule has 2 aromatic carbocycles. The smallest absolute Gasteiger partial charge is 0.404 e. The molecule has 0 aliphatic carbocycles. The number of benzene rings is 2. The minimum absolute atomic E-state index is 0.0606. The highest BCUT2D eigenvalue weighted by Crippen LogP contribution is 2.21. The number of urea groups is 1. The number of rotatable bonds is 35. The summed E-state index contributed by atoms with van der Waals surface area (Å²) in [6, 6.07) is 6.34. The summed E-state index contributed by atoms with van der Waals surface area (Å²) in [6.45, 7) is 0.911. The van der Waals surface area contributed by atoms with E-state index < -0.39 is 152 Å². The number of hydrogen-bond donors (Lipinski definition) is 14. The number of carbonyl (C=O) groups is 12. The minimum atomic E-state index is -1.66. The molecule has 0 aromatic heterocycles. The maximum Gasteiger partial charge on any atom is 0.404 e. The number of carboxylic acids is 4. The highest BCUT2D eigenvalue weighted by Gasteiger charge is 2.31. The lowest BCUT2D eigenvalue weighted by atomic mass is 10.0. The second kappa shape index (κ2) is 33.9. The van der Waals surface area contributed by atoms with Crippen molar-refractivity contribution < 1.29 is 82.7 Å². The summed E-state index contributed by atoms with van der Waals surface area (Å²) in [5.74, 6) is -9.90. The van der Waals surface area contributed by atoms with Crippen molar-refractivity contribution in [3.8, 4) is 0 Å². The van der Waals surface area contributed by atoms with Gasteiger partial charge in [-0.3, -0.25) is 38.4 Å². The predicted octanol–water partition coefficient (Wildman–Crippen LogP) is -1.82. The number of primary amides is 1. The number of amides is 9. The van der Waals surface area contributed by atoms with Crippen LogP contribution in [0.5, 0.6) is 0 Å². The molecule has 406 valence electrons. The lowest BCUT2D eigenvalue weighted by Gasteiger charge is -2.25. The third-order valence-corrected chi connectivity index (χ3v) is 12.6. The van der Waals surface area contributed by atoms with E-state index in [0.717, 1.165) is 0 Å². The van der Waals surface area contributed by atoms with Crippen molar-refractivity contribution in [1.82, 2.24) is 42.5 Å². The summed E-state index contributed by atoms with van der Waals surface area (Å²) in [7, 11) is 2.67. The molecule has 0 bridgehead atoms. The molecular weight excluding hydrogens is 1020 g/mol. The molecular formula is C45H62N10O17S2. The van der Waals surface area contributed by atoms with E-state index in [4.69, 9.17) is 16.6 Å². The van der Waals surface area contributed by atoms with Gasteiger partial charge in [0.15, 0.2) is 0 Å². The molecule has 0 saturated heterocycles. The Morgan fingerprint density at radius 2 is 1.09 bits per heavy atom. The van der Waals surface area contributed by atoms with Gasteiger partial charge in [-0.2, -0.15) is 0 Å². The molecule has 74 heavy (non-hydrogen) atoms. The van der Waals surface area contributed by atoms with E-state index in [1.807, 2.05) is 10.6 Å². The van der Waals surface area contributed by atoms with E-state index in [0.29, 0.717) is 22.6 Å². The Morgan fingerprint density at radius 1 is 0.568 bits per heavy atom. The van der Waals surface area contributed by atoms with Crippen LogP contribution < -0.4 is 54.0 Å². The third-order valence-electron chi connectivity index (χ3n) is 10.1. The fourth-order valence-corrected chi connectivity index (χ4v) is 8.45. The first kappa shape index (κ1) is 62.5. The molecule has 0 radical (unpaired) electrons. The van der Waals surface area contributed by atoms with Crippen molar-refractivity contribution >= 4 is 93.0 Å². The van der Waals surface area contributed by atoms with E-state index in [-0.39, 0.29) is 32.4 Å². The standard InChI is InChI=1S/C45H62N10O17S2/c1-25(24-74-73-19-18-72-44(47)70)50-40(64)33(22-37(60)61)52-38(62)28(46)23-49-39(63)31(20-26-8-4-2-5-9-26)53-41(65)32(21-27-10-6-3-7-11-27)51-35(57)16-17-48-34(56)14-12-29(42(66)67)54-45(71)55-30(43(68)69)13-15-36(58)59/h2-11,25,28-33H,12-24,46H2,1H3,(H2,47,70)(H,48,56)(H,49,63)(H,50,64)(H,51,57)(H,52,62)(H,53,65)(H,58,59)(H,60,61)(H,66,67)(H,68,69)(H2,54,55,71)/t25-,28-,29?,30-,31-,32?,33-/m0/s1. The third kappa shape index (κ3) is 26.7. The molecule has 0 fully saturated rings. The molecule has 0 spiro atoms. The van der Waals surface area contributed by atoms with E-state index in [1.165, 1.54) is 21.6 Å². The Bertz CT molecular complexity index is 2250. The molecule has 29 heteroatoms. The molecule has 27 nitrogen and oxygen atoms in total. The number of ether oxygens (including phenoxy) is 1. The molecule has 16 N–H and O–H groups in total. The fraction of sp³-hybridized carbons (Fsp3) is 0.467. The Morgan fingerprint density at radius 3 is 1.62 bits per heavy atom. The summed E-state index contributed by atoms with van der Waals surface area (Å²) < 4.78 is 4.64. The number of carbonyl (C=O) groups excluding carboxylic acids is 8. The van der Waals surface area contributed by atoms with Crippen LogP contribution in [0.15, 0.2) is 60.7 Å². The van der Waals surface area contributed by atoms with Crippen LogP contribution in [0.2, 0.25) is 0 Å². The largest absolute Gasteiger partial charge is 0.481 e. The summed E-state index contributed by atoms with van der Waals surface area (Å²) in [6.07, 6.45) is -4.23. The summed E-state index contributed by atoms with van der Waals surface area (Å²) in [4.78, 5) is 148. The maximum absolute atomic E-state index is 14.0. The summed E-state index contributed by atoms with van der Waals surface area (Å²) in [5.41, 5.74) is 12.2. The normalized spacial score (nSPS) is 13.5. The van der Waals surface area contributed by atoms with Crippen molar-refractivity contribution in [3.05, 3.63) is 71.8 Å². The number of carboxylic acid groups (broad SMARTS) is 4. The Hall–Kier alpha value is -7.66. The van der Waals surface area contributed by atoms with Gasteiger partial charge < -0.3 is 79.2 Å². The van der Waals surface area contributed by atoms with Gasteiger partial charge in [0, 0.05) is 62.7 Å². The van der Waals surface area contributed by atoms with Crippen molar-refractivity contribution in [2.45, 2.75) is 101 Å². The second-order valence-corrected chi connectivity index (χ2v) is 18.9. The first-order valence-corrected chi connectivity index (χ1v) is 25.2. The number of aliphatic carboxylic acids is 4. The van der Waals surface area contributed by atoms with Gasteiger partial charge in [0.05, 0.1) is 6.42 Å². The highest BCUT2D eigenvalue weighted by molar-refractivity contribution is 8.76. The summed E-state index contributed by atoms with van der Waals surface area (Å²) >= 11 is 0. The number of nitrogens with one attached hydrogen (secondary N) is 8. The summed E-state index contributed by atoms with van der Waals surface area (Å²) in [5, 5.41) is 56.2. The van der Waals surface area contributed by atoms with Crippen LogP contribution in [-0.2, 0) is 65.5 Å². The molecule has 2 aromatic rings.